The van der Waals surface area contributed by atoms with Gasteiger partial charge >= 0.3 is 5.97 Å². The monoisotopic (exact) mass is 244 g/mol. The summed E-state index contributed by atoms with van der Waals surface area (Å²) in [6.45, 7) is 0. The lowest BCUT2D eigenvalue weighted by Crippen LogP contribution is -1.86. The molecule has 0 heterocycles. The first-order valence-corrected chi connectivity index (χ1v) is 6.25. The van der Waals surface area contributed by atoms with Crippen LogP contribution >= 0.6 is 11.8 Å². The SMILES string of the molecule is O=C(O)/C=C/CSc1ccc2ccccc2c1. The molecule has 0 saturated carbocycles. The van der Waals surface area contributed by atoms with Gasteiger partial charge in [-0.05, 0) is 22.9 Å². The Hall–Kier alpha value is -1.74. The highest BCUT2D eigenvalue weighted by molar-refractivity contribution is 7.99. The Morgan fingerprint density at radius 1 is 1.18 bits per heavy atom. The molecule has 86 valence electrons. The molecule has 2 nitrogen and oxygen atoms in total. The van der Waals surface area contributed by atoms with Crippen LogP contribution in [0.5, 0.6) is 0 Å². The maximum absolute atomic E-state index is 10.3. The second kappa shape index (κ2) is 5.55. The van der Waals surface area contributed by atoms with Gasteiger partial charge in [0.25, 0.3) is 0 Å². The zero-order valence-electron chi connectivity index (χ0n) is 9.17. The maximum Gasteiger partial charge on any atom is 0.328 e. The van der Waals surface area contributed by atoms with Gasteiger partial charge in [0.05, 0.1) is 0 Å². The van der Waals surface area contributed by atoms with Crippen molar-refractivity contribution < 1.29 is 9.90 Å². The third kappa shape index (κ3) is 3.36. The number of benzene rings is 2. The van der Waals surface area contributed by atoms with Crippen molar-refractivity contribution in [1.82, 2.24) is 0 Å². The van der Waals surface area contributed by atoms with Crippen LogP contribution in [-0.2, 0) is 4.79 Å². The maximum atomic E-state index is 10.3. The van der Waals surface area contributed by atoms with Crippen LogP contribution < -0.4 is 0 Å². The van der Waals surface area contributed by atoms with Gasteiger partial charge < -0.3 is 5.11 Å². The average Bonchev–Trinajstić information content (AvgIpc) is 2.34. The summed E-state index contributed by atoms with van der Waals surface area (Å²) in [6, 6.07) is 14.4. The van der Waals surface area contributed by atoms with E-state index in [0.717, 1.165) is 4.90 Å². The van der Waals surface area contributed by atoms with E-state index in [2.05, 4.69) is 30.3 Å². The third-order valence-corrected chi connectivity index (χ3v) is 3.27. The van der Waals surface area contributed by atoms with Crippen LogP contribution in [-0.4, -0.2) is 16.8 Å². The predicted octanol–water partition coefficient (Wildman–Crippen LogP) is 3.57. The fourth-order valence-electron chi connectivity index (χ4n) is 1.55. The second-order valence-corrected chi connectivity index (χ2v) is 4.65. The topological polar surface area (TPSA) is 37.3 Å². The van der Waals surface area contributed by atoms with E-state index in [1.165, 1.54) is 16.8 Å². The van der Waals surface area contributed by atoms with Gasteiger partial charge in [0.15, 0.2) is 0 Å². The van der Waals surface area contributed by atoms with E-state index >= 15 is 0 Å². The smallest absolute Gasteiger partial charge is 0.328 e. The Morgan fingerprint density at radius 2 is 1.94 bits per heavy atom. The highest BCUT2D eigenvalue weighted by atomic mass is 32.2. The van der Waals surface area contributed by atoms with Crippen molar-refractivity contribution in [3.63, 3.8) is 0 Å². The molecule has 0 fully saturated rings. The molecule has 2 aromatic carbocycles. The highest BCUT2D eigenvalue weighted by Crippen LogP contribution is 2.23. The van der Waals surface area contributed by atoms with Gasteiger partial charge in [0, 0.05) is 16.7 Å². The molecule has 2 rings (SSSR count). The predicted molar refractivity (Wildman–Crippen MR) is 71.4 cm³/mol. The number of fused-ring (bicyclic) bond motifs is 1. The minimum absolute atomic E-state index is 0.671. The number of rotatable bonds is 4. The molecule has 0 saturated heterocycles. The first kappa shape index (κ1) is 11.7. The summed E-state index contributed by atoms with van der Waals surface area (Å²) in [7, 11) is 0. The van der Waals surface area contributed by atoms with Crippen LogP contribution in [0.3, 0.4) is 0 Å². The van der Waals surface area contributed by atoms with Crippen LogP contribution in [0.15, 0.2) is 59.5 Å². The number of carboxylic acid groups (broad SMARTS) is 1. The number of thioether (sulfide) groups is 1. The molecule has 1 N–H and O–H groups in total. The number of aliphatic carboxylic acids is 1. The van der Waals surface area contributed by atoms with Crippen molar-refractivity contribution in [3.8, 4) is 0 Å². The Morgan fingerprint density at radius 3 is 2.71 bits per heavy atom. The molecule has 0 radical (unpaired) electrons. The molecule has 0 spiro atoms. The number of carboxylic acids is 1. The van der Waals surface area contributed by atoms with Crippen molar-refractivity contribution in [3.05, 3.63) is 54.6 Å². The van der Waals surface area contributed by atoms with E-state index in [9.17, 15) is 4.79 Å². The molecular weight excluding hydrogens is 232 g/mol. The van der Waals surface area contributed by atoms with Crippen LogP contribution in [0.25, 0.3) is 10.8 Å². The molecule has 0 bridgehead atoms. The van der Waals surface area contributed by atoms with Crippen molar-refractivity contribution >= 4 is 28.5 Å². The van der Waals surface area contributed by atoms with E-state index in [0.29, 0.717) is 5.75 Å². The molecule has 2 aromatic rings. The summed E-state index contributed by atoms with van der Waals surface area (Å²) in [5, 5.41) is 10.9. The molecule has 0 aliphatic rings. The Bertz CT molecular complexity index is 561. The van der Waals surface area contributed by atoms with E-state index in [1.807, 2.05) is 12.1 Å². The quantitative estimate of drug-likeness (QED) is 0.660. The summed E-state index contributed by atoms with van der Waals surface area (Å²) in [5.41, 5.74) is 0. The zero-order valence-corrected chi connectivity index (χ0v) is 9.98. The van der Waals surface area contributed by atoms with E-state index in [4.69, 9.17) is 5.11 Å². The minimum atomic E-state index is -0.899. The van der Waals surface area contributed by atoms with Gasteiger partial charge in [-0.2, -0.15) is 0 Å². The van der Waals surface area contributed by atoms with Crippen LogP contribution in [0.1, 0.15) is 0 Å². The van der Waals surface area contributed by atoms with Crippen molar-refractivity contribution in [2.45, 2.75) is 4.90 Å². The summed E-state index contributed by atoms with van der Waals surface area (Å²) in [4.78, 5) is 11.4. The fourth-order valence-corrected chi connectivity index (χ4v) is 2.31. The summed E-state index contributed by atoms with van der Waals surface area (Å²) >= 11 is 1.63. The highest BCUT2D eigenvalue weighted by Gasteiger charge is 1.95. The molecule has 3 heteroatoms. The lowest BCUT2D eigenvalue weighted by atomic mass is 10.1. The Labute approximate surface area is 104 Å². The van der Waals surface area contributed by atoms with Gasteiger partial charge in [-0.1, -0.05) is 36.4 Å². The zero-order chi connectivity index (χ0) is 12.1. The molecule has 0 aliphatic carbocycles. The van der Waals surface area contributed by atoms with Crippen molar-refractivity contribution in [2.24, 2.45) is 0 Å². The van der Waals surface area contributed by atoms with Crippen LogP contribution in [0.4, 0.5) is 0 Å². The van der Waals surface area contributed by atoms with Crippen molar-refractivity contribution in [2.75, 3.05) is 5.75 Å². The first-order valence-electron chi connectivity index (χ1n) is 5.27. The van der Waals surface area contributed by atoms with Gasteiger partial charge in [-0.15, -0.1) is 11.8 Å². The standard InChI is InChI=1S/C14H12O2S/c15-14(16)6-3-9-17-13-8-7-11-4-1-2-5-12(11)10-13/h1-8,10H,9H2,(H,15,16)/b6-3+. The largest absolute Gasteiger partial charge is 0.478 e. The summed E-state index contributed by atoms with van der Waals surface area (Å²) < 4.78 is 0. The van der Waals surface area contributed by atoms with Crippen LogP contribution in [0.2, 0.25) is 0 Å². The van der Waals surface area contributed by atoms with Crippen LogP contribution in [0, 0.1) is 0 Å². The molecule has 17 heavy (non-hydrogen) atoms. The van der Waals surface area contributed by atoms with Crippen molar-refractivity contribution in [1.29, 1.82) is 0 Å². The Balaban J connectivity index is 2.07. The molecular formula is C14H12O2S. The van der Waals surface area contributed by atoms with Gasteiger partial charge in [0.1, 0.15) is 0 Å². The number of hydrogen-bond acceptors (Lipinski definition) is 2. The third-order valence-electron chi connectivity index (χ3n) is 2.33. The minimum Gasteiger partial charge on any atom is -0.478 e. The van der Waals surface area contributed by atoms with E-state index in [-0.39, 0.29) is 0 Å². The molecule has 0 aromatic heterocycles. The Kier molecular flexibility index (Phi) is 3.83. The molecule has 0 aliphatic heterocycles. The lowest BCUT2D eigenvalue weighted by molar-refractivity contribution is -0.131. The van der Waals surface area contributed by atoms with Gasteiger partial charge in [-0.25, -0.2) is 4.79 Å². The van der Waals surface area contributed by atoms with E-state index in [1.54, 1.807) is 17.8 Å². The second-order valence-electron chi connectivity index (χ2n) is 3.56. The first-order chi connectivity index (χ1) is 8.25. The molecule has 0 amide bonds. The molecule has 0 unspecified atom stereocenters. The summed E-state index contributed by atoms with van der Waals surface area (Å²) in [5.74, 6) is -0.228. The average molecular weight is 244 g/mol. The lowest BCUT2D eigenvalue weighted by Gasteiger charge is -2.01. The fraction of sp³-hybridized carbons (Fsp3) is 0.0714. The van der Waals surface area contributed by atoms with Gasteiger partial charge in [0.2, 0.25) is 0 Å². The normalized spacial score (nSPS) is 11.1. The van der Waals surface area contributed by atoms with Gasteiger partial charge in [-0.3, -0.25) is 0 Å². The number of carbonyl (C=O) groups is 1. The van der Waals surface area contributed by atoms with E-state index < -0.39 is 5.97 Å². The molecule has 0 atom stereocenters. The number of hydrogen-bond donors (Lipinski definition) is 1. The summed E-state index contributed by atoms with van der Waals surface area (Å²) in [6.07, 6.45) is 2.83.